The maximum atomic E-state index is 8.09. The summed E-state index contributed by atoms with van der Waals surface area (Å²) in [7, 11) is 0. The van der Waals surface area contributed by atoms with E-state index in [2.05, 4.69) is 4.89 Å². The highest BCUT2D eigenvalue weighted by atomic mass is 17.1. The Morgan fingerprint density at radius 2 is 2.25 bits per heavy atom. The quantitative estimate of drug-likeness (QED) is 0.348. The van der Waals surface area contributed by atoms with Gasteiger partial charge in [0.15, 0.2) is 0 Å². The van der Waals surface area contributed by atoms with Gasteiger partial charge in [-0.25, -0.2) is 5.26 Å². The van der Waals surface area contributed by atoms with Crippen LogP contribution in [0.5, 0.6) is 0 Å². The van der Waals surface area contributed by atoms with Crippen molar-refractivity contribution in [3.8, 4) is 0 Å². The molecule has 0 aromatic heterocycles. The lowest BCUT2D eigenvalue weighted by molar-refractivity contribution is -0.205. The van der Waals surface area contributed by atoms with Crippen molar-refractivity contribution in [2.75, 3.05) is 0 Å². The van der Waals surface area contributed by atoms with Crippen LogP contribution in [0.3, 0.4) is 0 Å². The third-order valence-electron chi connectivity index (χ3n) is 0.898. The molecule has 0 aliphatic heterocycles. The number of rotatable bonds is 3. The molecule has 0 bridgehead atoms. The summed E-state index contributed by atoms with van der Waals surface area (Å²) >= 11 is 0. The standard InChI is InChI=1S/C6H12O2/c1-3-5-6(4-2)8-7/h5,7H,3-4H2,1-2H3. The largest absolute Gasteiger partial charge is 0.345 e. The summed E-state index contributed by atoms with van der Waals surface area (Å²) < 4.78 is 0. The highest BCUT2D eigenvalue weighted by Crippen LogP contribution is 2.00. The van der Waals surface area contributed by atoms with Gasteiger partial charge < -0.3 is 4.89 Å². The van der Waals surface area contributed by atoms with Crippen LogP contribution in [0.25, 0.3) is 0 Å². The molecule has 0 unspecified atom stereocenters. The third-order valence-corrected chi connectivity index (χ3v) is 0.898. The molecule has 0 rings (SSSR count). The molecule has 0 aromatic carbocycles. The van der Waals surface area contributed by atoms with Crippen LogP contribution in [-0.2, 0) is 4.89 Å². The molecule has 2 nitrogen and oxygen atoms in total. The summed E-state index contributed by atoms with van der Waals surface area (Å²) in [5.74, 6) is 0.646. The maximum absolute atomic E-state index is 8.09. The highest BCUT2D eigenvalue weighted by Gasteiger charge is 1.88. The Kier molecular flexibility index (Phi) is 4.36. The van der Waals surface area contributed by atoms with E-state index in [1.54, 1.807) is 0 Å². The first kappa shape index (κ1) is 7.50. The van der Waals surface area contributed by atoms with Crippen LogP contribution in [0.1, 0.15) is 26.7 Å². The summed E-state index contributed by atoms with van der Waals surface area (Å²) in [6.07, 6.45) is 3.51. The van der Waals surface area contributed by atoms with Crippen LogP contribution in [-0.4, -0.2) is 5.26 Å². The minimum Gasteiger partial charge on any atom is -0.345 e. The summed E-state index contributed by atoms with van der Waals surface area (Å²) in [5.41, 5.74) is 0. The topological polar surface area (TPSA) is 29.5 Å². The zero-order valence-corrected chi connectivity index (χ0v) is 5.35. The molecule has 0 saturated carbocycles. The van der Waals surface area contributed by atoms with E-state index in [0.29, 0.717) is 5.76 Å². The van der Waals surface area contributed by atoms with Gasteiger partial charge in [-0.2, -0.15) is 0 Å². The van der Waals surface area contributed by atoms with Crippen molar-refractivity contribution >= 4 is 0 Å². The lowest BCUT2D eigenvalue weighted by Gasteiger charge is -1.95. The SMILES string of the molecule is CCC=C(CC)OO. The van der Waals surface area contributed by atoms with Crippen LogP contribution >= 0.6 is 0 Å². The molecule has 0 spiro atoms. The average molecular weight is 116 g/mol. The number of hydrogen-bond donors (Lipinski definition) is 1. The van der Waals surface area contributed by atoms with Gasteiger partial charge in [-0.05, 0) is 12.5 Å². The van der Waals surface area contributed by atoms with Gasteiger partial charge in [0.25, 0.3) is 0 Å². The molecule has 0 aromatic rings. The Hall–Kier alpha value is -0.500. The highest BCUT2D eigenvalue weighted by molar-refractivity contribution is 4.89. The zero-order chi connectivity index (χ0) is 6.41. The van der Waals surface area contributed by atoms with Gasteiger partial charge in [-0.3, -0.25) is 0 Å². The van der Waals surface area contributed by atoms with Crippen molar-refractivity contribution in [1.29, 1.82) is 0 Å². The maximum Gasteiger partial charge on any atom is 0.137 e. The van der Waals surface area contributed by atoms with Gasteiger partial charge in [0.1, 0.15) is 5.76 Å². The fourth-order valence-electron chi connectivity index (χ4n) is 0.474. The van der Waals surface area contributed by atoms with Crippen molar-refractivity contribution in [2.24, 2.45) is 0 Å². The molecular formula is C6H12O2. The fourth-order valence-corrected chi connectivity index (χ4v) is 0.474. The van der Waals surface area contributed by atoms with Crippen molar-refractivity contribution in [1.82, 2.24) is 0 Å². The minimum atomic E-state index is 0.646. The summed E-state index contributed by atoms with van der Waals surface area (Å²) in [4.78, 5) is 4.00. The van der Waals surface area contributed by atoms with E-state index in [0.717, 1.165) is 12.8 Å². The van der Waals surface area contributed by atoms with Gasteiger partial charge in [0.2, 0.25) is 0 Å². The lowest BCUT2D eigenvalue weighted by atomic mass is 10.3. The molecule has 0 aliphatic rings. The van der Waals surface area contributed by atoms with Crippen LogP contribution < -0.4 is 0 Å². The third kappa shape index (κ3) is 2.64. The van der Waals surface area contributed by atoms with Crippen LogP contribution in [0.4, 0.5) is 0 Å². The minimum absolute atomic E-state index is 0.646. The monoisotopic (exact) mass is 116 g/mol. The Morgan fingerprint density at radius 3 is 2.38 bits per heavy atom. The summed E-state index contributed by atoms with van der Waals surface area (Å²) in [6, 6.07) is 0. The first-order valence-corrected chi connectivity index (χ1v) is 2.85. The Balaban J connectivity index is 3.49. The molecule has 48 valence electrons. The van der Waals surface area contributed by atoms with Gasteiger partial charge in [-0.1, -0.05) is 13.8 Å². The average Bonchev–Trinajstić information content (AvgIpc) is 1.83. The van der Waals surface area contributed by atoms with Crippen molar-refractivity contribution in [2.45, 2.75) is 26.7 Å². The van der Waals surface area contributed by atoms with E-state index in [9.17, 15) is 0 Å². The van der Waals surface area contributed by atoms with Crippen LogP contribution in [0.15, 0.2) is 11.8 Å². The zero-order valence-electron chi connectivity index (χ0n) is 5.35. The first-order valence-electron chi connectivity index (χ1n) is 2.85. The molecule has 1 N–H and O–H groups in total. The van der Waals surface area contributed by atoms with Crippen LogP contribution in [0, 0.1) is 0 Å². The second-order valence-corrected chi connectivity index (χ2v) is 1.52. The molecule has 0 atom stereocenters. The van der Waals surface area contributed by atoms with E-state index in [1.165, 1.54) is 0 Å². The van der Waals surface area contributed by atoms with Crippen LogP contribution in [0.2, 0.25) is 0 Å². The Morgan fingerprint density at radius 1 is 1.62 bits per heavy atom. The van der Waals surface area contributed by atoms with E-state index in [-0.39, 0.29) is 0 Å². The summed E-state index contributed by atoms with van der Waals surface area (Å²) in [6.45, 7) is 3.92. The second-order valence-electron chi connectivity index (χ2n) is 1.52. The number of allylic oxidation sites excluding steroid dienone is 2. The Bertz CT molecular complexity index is 70.6. The molecule has 0 heterocycles. The molecular weight excluding hydrogens is 104 g/mol. The van der Waals surface area contributed by atoms with Gasteiger partial charge >= 0.3 is 0 Å². The predicted octanol–water partition coefficient (Wildman–Crippen LogP) is 2.18. The normalized spacial score (nSPS) is 11.6. The molecule has 0 aliphatic carbocycles. The van der Waals surface area contributed by atoms with Crippen molar-refractivity contribution < 1.29 is 10.1 Å². The number of hydrogen-bond acceptors (Lipinski definition) is 2. The molecule has 0 saturated heterocycles. The van der Waals surface area contributed by atoms with Crippen molar-refractivity contribution in [3.63, 3.8) is 0 Å². The van der Waals surface area contributed by atoms with Gasteiger partial charge in [0.05, 0.1) is 0 Å². The molecule has 2 heteroatoms. The Labute approximate surface area is 49.7 Å². The van der Waals surface area contributed by atoms with E-state index < -0.39 is 0 Å². The second kappa shape index (κ2) is 4.65. The molecule has 0 radical (unpaired) electrons. The first-order chi connectivity index (χ1) is 3.85. The van der Waals surface area contributed by atoms with E-state index >= 15 is 0 Å². The van der Waals surface area contributed by atoms with Crippen molar-refractivity contribution in [3.05, 3.63) is 11.8 Å². The smallest absolute Gasteiger partial charge is 0.137 e. The molecule has 8 heavy (non-hydrogen) atoms. The lowest BCUT2D eigenvalue weighted by Crippen LogP contribution is -1.82. The van der Waals surface area contributed by atoms with E-state index in [4.69, 9.17) is 5.26 Å². The van der Waals surface area contributed by atoms with Gasteiger partial charge in [0, 0.05) is 6.42 Å². The van der Waals surface area contributed by atoms with E-state index in [1.807, 2.05) is 19.9 Å². The molecule has 0 fully saturated rings. The fraction of sp³-hybridized carbons (Fsp3) is 0.667. The summed E-state index contributed by atoms with van der Waals surface area (Å²) in [5, 5.41) is 8.09. The predicted molar refractivity (Wildman–Crippen MR) is 32.4 cm³/mol. The van der Waals surface area contributed by atoms with Gasteiger partial charge in [-0.15, -0.1) is 0 Å². The molecule has 0 amide bonds.